The van der Waals surface area contributed by atoms with Crippen LogP contribution in [0.5, 0.6) is 0 Å². The molecular formula is C7H12O2. The molecular weight excluding hydrogens is 116 g/mol. The maximum Gasteiger partial charge on any atom is 0.0897 e. The highest BCUT2D eigenvalue weighted by Gasteiger charge is 2.25. The Morgan fingerprint density at radius 1 is 1.89 bits per heavy atom. The highest BCUT2D eigenvalue weighted by Crippen LogP contribution is 2.25. The van der Waals surface area contributed by atoms with Gasteiger partial charge in [0.25, 0.3) is 0 Å². The predicted octanol–water partition coefficient (Wildman–Crippen LogP) is 0.768. The van der Waals surface area contributed by atoms with Gasteiger partial charge in [0.15, 0.2) is 0 Å². The summed E-state index contributed by atoms with van der Waals surface area (Å²) in [5.74, 6) is 0.139. The molecule has 3 unspecified atom stereocenters. The Labute approximate surface area is 55.8 Å². The maximum atomic E-state index is 8.95. The predicted molar refractivity (Wildman–Crippen MR) is 34.3 cm³/mol. The molecule has 0 amide bonds. The summed E-state index contributed by atoms with van der Waals surface area (Å²) in [7, 11) is 0. The molecule has 0 aromatic rings. The van der Waals surface area contributed by atoms with Gasteiger partial charge in [-0.1, -0.05) is 0 Å². The average Bonchev–Trinajstić information content (AvgIpc) is 2.14. The summed E-state index contributed by atoms with van der Waals surface area (Å²) in [4.78, 5) is 0. The number of hydrogen-bond donors (Lipinski definition) is 1. The highest BCUT2D eigenvalue weighted by molar-refractivity contribution is 4.85. The van der Waals surface area contributed by atoms with E-state index in [1.165, 1.54) is 0 Å². The van der Waals surface area contributed by atoms with Crippen molar-refractivity contribution in [1.82, 2.24) is 0 Å². The lowest BCUT2D eigenvalue weighted by atomic mass is 10.0. The fourth-order valence-corrected chi connectivity index (χ4v) is 0.977. The molecule has 1 rings (SSSR count). The normalized spacial score (nSPS) is 39.0. The van der Waals surface area contributed by atoms with Gasteiger partial charge in [-0.25, -0.2) is 0 Å². The van der Waals surface area contributed by atoms with Crippen molar-refractivity contribution < 1.29 is 9.84 Å². The minimum absolute atomic E-state index is 0.139. The second-order valence-electron chi connectivity index (χ2n) is 2.55. The van der Waals surface area contributed by atoms with E-state index in [4.69, 9.17) is 9.84 Å². The molecule has 3 atom stereocenters. The van der Waals surface area contributed by atoms with E-state index in [1.54, 1.807) is 6.61 Å². The molecule has 0 saturated carbocycles. The van der Waals surface area contributed by atoms with Crippen LogP contribution in [0, 0.1) is 19.4 Å². The number of ether oxygens (including phenoxy) is 1. The van der Waals surface area contributed by atoms with Gasteiger partial charge in [0, 0.05) is 5.92 Å². The summed E-state index contributed by atoms with van der Waals surface area (Å²) < 4.78 is 5.10. The van der Waals surface area contributed by atoms with Crippen molar-refractivity contribution in [2.75, 3.05) is 0 Å². The Kier molecular flexibility index (Phi) is 2.09. The molecule has 1 aliphatic heterocycles. The summed E-state index contributed by atoms with van der Waals surface area (Å²) in [6.45, 7) is 7.17. The second kappa shape index (κ2) is 2.67. The van der Waals surface area contributed by atoms with Gasteiger partial charge in [-0.3, -0.25) is 0 Å². The lowest BCUT2D eigenvalue weighted by molar-refractivity contribution is 0.148. The number of hydrogen-bond acceptors (Lipinski definition) is 2. The first kappa shape index (κ1) is 7.03. The van der Waals surface area contributed by atoms with Gasteiger partial charge in [0.05, 0.1) is 18.8 Å². The Hall–Kier alpha value is -0.0800. The average molecular weight is 128 g/mol. The fourth-order valence-electron chi connectivity index (χ4n) is 0.977. The maximum absolute atomic E-state index is 8.95. The van der Waals surface area contributed by atoms with Crippen molar-refractivity contribution in [2.45, 2.75) is 25.6 Å². The molecule has 0 aromatic carbocycles. The van der Waals surface area contributed by atoms with E-state index in [0.29, 0.717) is 0 Å². The molecule has 1 heterocycles. The summed E-state index contributed by atoms with van der Waals surface area (Å²) in [6, 6.07) is 0. The van der Waals surface area contributed by atoms with Crippen molar-refractivity contribution in [3.05, 3.63) is 13.5 Å². The lowest BCUT2D eigenvalue weighted by Gasteiger charge is -2.08. The first-order valence-corrected chi connectivity index (χ1v) is 3.20. The summed E-state index contributed by atoms with van der Waals surface area (Å²) in [6.07, 6.45) is 0.645. The number of aliphatic hydroxyl groups is 1. The van der Waals surface area contributed by atoms with Crippen LogP contribution in [-0.4, -0.2) is 17.3 Å². The van der Waals surface area contributed by atoms with Gasteiger partial charge in [-0.2, -0.15) is 0 Å². The largest absolute Gasteiger partial charge is 0.393 e. The molecule has 1 N–H and O–H groups in total. The molecule has 52 valence electrons. The first-order chi connectivity index (χ1) is 4.20. The lowest BCUT2D eigenvalue weighted by Crippen LogP contribution is -2.14. The van der Waals surface area contributed by atoms with E-state index in [0.717, 1.165) is 6.42 Å². The Bertz CT molecular complexity index is 90.9. The van der Waals surface area contributed by atoms with Crippen LogP contribution >= 0.6 is 0 Å². The van der Waals surface area contributed by atoms with Crippen LogP contribution in [0.4, 0.5) is 0 Å². The zero-order valence-electron chi connectivity index (χ0n) is 5.58. The van der Waals surface area contributed by atoms with Crippen molar-refractivity contribution in [3.63, 3.8) is 0 Å². The van der Waals surface area contributed by atoms with E-state index in [-0.39, 0.29) is 12.0 Å². The fraction of sp³-hybridized carbons (Fsp3) is 0.714. The zero-order chi connectivity index (χ0) is 6.85. The third-order valence-corrected chi connectivity index (χ3v) is 1.58. The van der Waals surface area contributed by atoms with Gasteiger partial charge < -0.3 is 9.84 Å². The van der Waals surface area contributed by atoms with Crippen LogP contribution in [-0.2, 0) is 4.74 Å². The van der Waals surface area contributed by atoms with Gasteiger partial charge in [0.1, 0.15) is 0 Å². The first-order valence-electron chi connectivity index (χ1n) is 3.20. The molecule has 2 nitrogen and oxygen atoms in total. The van der Waals surface area contributed by atoms with Crippen LogP contribution in [0.15, 0.2) is 0 Å². The van der Waals surface area contributed by atoms with E-state index in [1.807, 2.05) is 6.92 Å². The standard InChI is InChI=1S/C7H12O2/c1-5-3-7(4-9-5)6(2)8/h4-8H,2-3H2,1H3. The van der Waals surface area contributed by atoms with E-state index < -0.39 is 6.10 Å². The molecule has 0 aliphatic carbocycles. The van der Waals surface area contributed by atoms with Crippen LogP contribution in [0.1, 0.15) is 13.3 Å². The van der Waals surface area contributed by atoms with Crippen molar-refractivity contribution in [3.8, 4) is 0 Å². The minimum atomic E-state index is -0.505. The van der Waals surface area contributed by atoms with Crippen LogP contribution in [0.3, 0.4) is 0 Å². The summed E-state index contributed by atoms with van der Waals surface area (Å²) in [5, 5.41) is 8.95. The van der Waals surface area contributed by atoms with Crippen molar-refractivity contribution in [2.24, 2.45) is 5.92 Å². The Balaban J connectivity index is 2.30. The molecule has 2 heteroatoms. The minimum Gasteiger partial charge on any atom is -0.393 e. The van der Waals surface area contributed by atoms with Crippen LogP contribution < -0.4 is 0 Å². The molecule has 1 fully saturated rings. The number of rotatable bonds is 1. The third-order valence-electron chi connectivity index (χ3n) is 1.58. The molecule has 0 aromatic heterocycles. The Morgan fingerprint density at radius 3 is 2.78 bits per heavy atom. The zero-order valence-corrected chi connectivity index (χ0v) is 5.58. The smallest absolute Gasteiger partial charge is 0.0897 e. The number of aliphatic hydroxyl groups excluding tert-OH is 1. The molecule has 1 saturated heterocycles. The van der Waals surface area contributed by atoms with Crippen LogP contribution in [0.25, 0.3) is 0 Å². The molecule has 1 aliphatic rings. The third kappa shape index (κ3) is 1.66. The second-order valence-corrected chi connectivity index (χ2v) is 2.55. The van der Waals surface area contributed by atoms with Crippen molar-refractivity contribution in [1.29, 1.82) is 0 Å². The molecule has 9 heavy (non-hydrogen) atoms. The molecule has 2 radical (unpaired) electrons. The SMILES string of the molecule is [CH2]C(O)C1[CH]OC(C)C1. The van der Waals surface area contributed by atoms with Crippen molar-refractivity contribution >= 4 is 0 Å². The highest BCUT2D eigenvalue weighted by atomic mass is 16.5. The van der Waals surface area contributed by atoms with E-state index in [9.17, 15) is 0 Å². The van der Waals surface area contributed by atoms with Gasteiger partial charge in [0.2, 0.25) is 0 Å². The van der Waals surface area contributed by atoms with E-state index in [2.05, 4.69) is 6.92 Å². The molecule has 0 bridgehead atoms. The van der Waals surface area contributed by atoms with Gasteiger partial charge in [-0.05, 0) is 20.3 Å². The quantitative estimate of drug-likeness (QED) is 0.565. The summed E-state index contributed by atoms with van der Waals surface area (Å²) >= 11 is 0. The van der Waals surface area contributed by atoms with E-state index >= 15 is 0 Å². The topological polar surface area (TPSA) is 29.5 Å². The van der Waals surface area contributed by atoms with Crippen LogP contribution in [0.2, 0.25) is 0 Å². The van der Waals surface area contributed by atoms with Gasteiger partial charge >= 0.3 is 0 Å². The molecule has 0 spiro atoms. The monoisotopic (exact) mass is 128 g/mol. The summed E-state index contributed by atoms with van der Waals surface area (Å²) in [5.41, 5.74) is 0. The van der Waals surface area contributed by atoms with Gasteiger partial charge in [-0.15, -0.1) is 0 Å². The Morgan fingerprint density at radius 2 is 2.56 bits per heavy atom.